The Hall–Kier alpha value is -4.87. The van der Waals surface area contributed by atoms with Gasteiger partial charge in [-0.1, -0.05) is 12.1 Å². The number of hydrogen-bond acceptors (Lipinski definition) is 9. The van der Waals surface area contributed by atoms with E-state index in [9.17, 15) is 14.4 Å². The summed E-state index contributed by atoms with van der Waals surface area (Å²) in [5.41, 5.74) is 3.88. The van der Waals surface area contributed by atoms with Crippen LogP contribution in [0.5, 0.6) is 0 Å². The molecule has 1 spiro atoms. The second kappa shape index (κ2) is 12.9. The van der Waals surface area contributed by atoms with Gasteiger partial charge in [-0.2, -0.15) is 0 Å². The molecule has 3 aliphatic rings. The number of esters is 1. The summed E-state index contributed by atoms with van der Waals surface area (Å²) in [6.45, 7) is 11.2. The zero-order valence-corrected chi connectivity index (χ0v) is 28.9. The first-order valence-corrected chi connectivity index (χ1v) is 17.4. The minimum absolute atomic E-state index is 0.213. The van der Waals surface area contributed by atoms with Crippen LogP contribution >= 0.6 is 11.3 Å². The second-order valence-electron chi connectivity index (χ2n) is 13.4. The van der Waals surface area contributed by atoms with Crippen molar-refractivity contribution in [2.75, 3.05) is 48.0 Å². The Morgan fingerprint density at radius 1 is 1.00 bits per heavy atom. The molecule has 252 valence electrons. The van der Waals surface area contributed by atoms with Crippen molar-refractivity contribution in [1.82, 2.24) is 4.98 Å². The molecule has 10 nitrogen and oxygen atoms in total. The first-order valence-electron chi connectivity index (χ1n) is 16.6. The van der Waals surface area contributed by atoms with Gasteiger partial charge in [-0.25, -0.2) is 14.8 Å². The van der Waals surface area contributed by atoms with E-state index in [-0.39, 0.29) is 29.8 Å². The van der Waals surface area contributed by atoms with Crippen molar-refractivity contribution < 1.29 is 23.9 Å². The number of carbonyl (C=O) groups is 3. The summed E-state index contributed by atoms with van der Waals surface area (Å²) in [7, 11) is 0. The van der Waals surface area contributed by atoms with Crippen LogP contribution in [0.25, 0.3) is 0 Å². The molecule has 2 aromatic heterocycles. The molecule has 2 aromatic carbocycles. The lowest BCUT2D eigenvalue weighted by Gasteiger charge is -2.53. The molecule has 2 fully saturated rings. The highest BCUT2D eigenvalue weighted by Crippen LogP contribution is 2.44. The van der Waals surface area contributed by atoms with Gasteiger partial charge in [0.15, 0.2) is 0 Å². The zero-order valence-electron chi connectivity index (χ0n) is 28.1. The van der Waals surface area contributed by atoms with Gasteiger partial charge in [-0.15, -0.1) is 11.3 Å². The number of pyridine rings is 1. The van der Waals surface area contributed by atoms with Gasteiger partial charge in [0, 0.05) is 49.2 Å². The Kier molecular flexibility index (Phi) is 8.58. The molecule has 7 rings (SSSR count). The third-order valence-corrected chi connectivity index (χ3v) is 10.6. The van der Waals surface area contributed by atoms with Gasteiger partial charge in [-0.05, 0) is 101 Å². The van der Waals surface area contributed by atoms with E-state index in [1.54, 1.807) is 48.4 Å². The average Bonchev–Trinajstić information content (AvgIpc) is 3.57. The SMILES string of the molecule is CCOC(=O)c1ccc(C2=Nc3ccccc3N(C(=O)c3ccc(NC(=O)c4cc(C)cnc4N4CC5(CCOCC5)C4)cc3)C2(C)C)s1. The number of rotatable bonds is 7. The van der Waals surface area contributed by atoms with Gasteiger partial charge in [0.1, 0.15) is 10.7 Å². The largest absolute Gasteiger partial charge is 0.462 e. The average molecular weight is 678 g/mol. The van der Waals surface area contributed by atoms with E-state index in [1.165, 1.54) is 11.3 Å². The number of para-hydroxylation sites is 2. The highest BCUT2D eigenvalue weighted by Gasteiger charge is 2.45. The van der Waals surface area contributed by atoms with Crippen LogP contribution in [0.4, 0.5) is 22.9 Å². The van der Waals surface area contributed by atoms with Gasteiger partial charge < -0.3 is 19.7 Å². The first kappa shape index (κ1) is 32.7. The van der Waals surface area contributed by atoms with E-state index in [1.807, 2.05) is 57.2 Å². The van der Waals surface area contributed by atoms with Crippen LogP contribution in [-0.2, 0) is 9.47 Å². The van der Waals surface area contributed by atoms with E-state index in [4.69, 9.17) is 14.5 Å². The van der Waals surface area contributed by atoms with Crippen LogP contribution in [0.15, 0.2) is 77.9 Å². The van der Waals surface area contributed by atoms with Crippen molar-refractivity contribution in [3.05, 3.63) is 99.4 Å². The number of ether oxygens (including phenoxy) is 2. The van der Waals surface area contributed by atoms with Crippen LogP contribution in [0.3, 0.4) is 0 Å². The summed E-state index contributed by atoms with van der Waals surface area (Å²) in [5.74, 6) is -0.152. The molecule has 0 unspecified atom stereocenters. The summed E-state index contributed by atoms with van der Waals surface area (Å²) >= 11 is 1.30. The molecule has 2 saturated heterocycles. The number of anilines is 3. The highest BCUT2D eigenvalue weighted by atomic mass is 32.1. The lowest BCUT2D eigenvalue weighted by atomic mass is 9.73. The summed E-state index contributed by atoms with van der Waals surface area (Å²) in [5, 5.41) is 3.02. The minimum Gasteiger partial charge on any atom is -0.462 e. The molecule has 49 heavy (non-hydrogen) atoms. The lowest BCUT2D eigenvalue weighted by Crippen LogP contribution is -2.59. The maximum Gasteiger partial charge on any atom is 0.348 e. The van der Waals surface area contributed by atoms with Crippen LogP contribution in [-0.4, -0.2) is 66.9 Å². The quantitative estimate of drug-likeness (QED) is 0.209. The number of amides is 2. The number of hydrogen-bond donors (Lipinski definition) is 1. The van der Waals surface area contributed by atoms with E-state index in [0.717, 1.165) is 49.6 Å². The number of aliphatic imine (C=N–C) groups is 1. The summed E-state index contributed by atoms with van der Waals surface area (Å²) in [4.78, 5) is 55.2. The topological polar surface area (TPSA) is 113 Å². The number of thiophene rings is 1. The third kappa shape index (κ3) is 6.13. The lowest BCUT2D eigenvalue weighted by molar-refractivity contribution is -0.000512. The number of aryl methyl sites for hydroxylation is 1. The van der Waals surface area contributed by atoms with Crippen molar-refractivity contribution in [2.45, 2.75) is 46.1 Å². The molecule has 0 saturated carbocycles. The van der Waals surface area contributed by atoms with Gasteiger partial charge in [0.2, 0.25) is 0 Å². The highest BCUT2D eigenvalue weighted by molar-refractivity contribution is 7.16. The molecular formula is C38H39N5O5S. The number of nitrogens with zero attached hydrogens (tertiary/aromatic N) is 4. The predicted molar refractivity (Wildman–Crippen MR) is 192 cm³/mol. The predicted octanol–water partition coefficient (Wildman–Crippen LogP) is 7.06. The second-order valence-corrected chi connectivity index (χ2v) is 14.5. The fraction of sp³-hybridized carbons (Fsp3) is 0.342. The Balaban J connectivity index is 1.11. The van der Waals surface area contributed by atoms with Gasteiger partial charge in [0.25, 0.3) is 11.8 Å². The zero-order chi connectivity index (χ0) is 34.3. The fourth-order valence-electron chi connectivity index (χ4n) is 6.95. The number of carbonyl (C=O) groups excluding carboxylic acids is 3. The van der Waals surface area contributed by atoms with Gasteiger partial charge in [0.05, 0.1) is 39.7 Å². The van der Waals surface area contributed by atoms with Crippen molar-refractivity contribution in [1.29, 1.82) is 0 Å². The van der Waals surface area contributed by atoms with Gasteiger partial charge >= 0.3 is 5.97 Å². The van der Waals surface area contributed by atoms with Crippen LogP contribution in [0, 0.1) is 12.3 Å². The number of benzene rings is 2. The molecule has 5 heterocycles. The maximum atomic E-state index is 14.3. The molecule has 0 radical (unpaired) electrons. The van der Waals surface area contributed by atoms with Crippen molar-refractivity contribution in [3.8, 4) is 0 Å². The van der Waals surface area contributed by atoms with Crippen molar-refractivity contribution in [3.63, 3.8) is 0 Å². The molecule has 2 amide bonds. The molecular weight excluding hydrogens is 639 g/mol. The first-order chi connectivity index (χ1) is 23.6. The van der Waals surface area contributed by atoms with Gasteiger partial charge in [-0.3, -0.25) is 14.5 Å². The smallest absolute Gasteiger partial charge is 0.348 e. The maximum absolute atomic E-state index is 14.3. The monoisotopic (exact) mass is 677 g/mol. The minimum atomic E-state index is -0.857. The normalized spacial score (nSPS) is 17.5. The summed E-state index contributed by atoms with van der Waals surface area (Å²) < 4.78 is 10.8. The molecule has 1 N–H and O–H groups in total. The number of fused-ring (bicyclic) bond motifs is 1. The summed E-state index contributed by atoms with van der Waals surface area (Å²) in [6, 6.07) is 20.0. The standard InChI is InChI=1S/C38H39N5O5S/c1-5-48-36(46)31-15-14-30(49-31)32-37(3,4)43(29-9-7-6-8-28(29)41-32)35(45)25-10-12-26(13-11-25)40-34(44)27-20-24(2)21-39-33(27)42-22-38(23-42)16-18-47-19-17-38/h6-15,20-21H,5,16-19,22-23H2,1-4H3,(H,40,44). The van der Waals surface area contributed by atoms with E-state index >= 15 is 0 Å². The molecule has 4 aromatic rings. The molecule has 0 atom stereocenters. The third-order valence-electron chi connectivity index (χ3n) is 9.56. The van der Waals surface area contributed by atoms with Crippen LogP contribution in [0.1, 0.15) is 74.4 Å². The summed E-state index contributed by atoms with van der Waals surface area (Å²) in [6.07, 6.45) is 3.86. The van der Waals surface area contributed by atoms with Crippen molar-refractivity contribution >= 4 is 57.7 Å². The number of nitrogens with one attached hydrogen (secondary N) is 1. The Labute approximate surface area is 289 Å². The fourth-order valence-corrected chi connectivity index (χ4v) is 7.99. The number of aromatic nitrogens is 1. The Morgan fingerprint density at radius 3 is 2.47 bits per heavy atom. The molecule has 11 heteroatoms. The van der Waals surface area contributed by atoms with E-state index in [0.29, 0.717) is 44.6 Å². The molecule has 0 aliphatic carbocycles. The molecule has 3 aliphatic heterocycles. The Morgan fingerprint density at radius 2 is 1.73 bits per heavy atom. The van der Waals surface area contributed by atoms with E-state index in [2.05, 4.69) is 15.2 Å². The van der Waals surface area contributed by atoms with E-state index < -0.39 is 5.54 Å². The Bertz CT molecular complexity index is 1950. The van der Waals surface area contributed by atoms with Crippen molar-refractivity contribution in [2.24, 2.45) is 10.4 Å². The molecule has 0 bridgehead atoms. The van der Waals surface area contributed by atoms with Crippen LogP contribution < -0.4 is 15.1 Å². The van der Waals surface area contributed by atoms with Crippen LogP contribution in [0.2, 0.25) is 0 Å².